The van der Waals surface area contributed by atoms with E-state index in [1.54, 1.807) is 14.0 Å². The number of carbonyl (C=O) groups excluding carboxylic acids is 1. The molecule has 0 aromatic carbocycles. The molecule has 1 aliphatic rings. The molecule has 0 unspecified atom stereocenters. The van der Waals surface area contributed by atoms with Crippen molar-refractivity contribution >= 4 is 5.78 Å². The highest BCUT2D eigenvalue weighted by Gasteiger charge is 2.25. The molecule has 0 amide bonds. The van der Waals surface area contributed by atoms with Gasteiger partial charge in [-0.15, -0.1) is 0 Å². The van der Waals surface area contributed by atoms with E-state index in [1.165, 1.54) is 12.8 Å². The summed E-state index contributed by atoms with van der Waals surface area (Å²) in [5.74, 6) is 0.783. The third-order valence-electron chi connectivity index (χ3n) is 2.69. The lowest BCUT2D eigenvalue weighted by atomic mass is 9.83. The van der Waals surface area contributed by atoms with E-state index in [2.05, 4.69) is 0 Å². The fraction of sp³-hybridized carbons (Fsp3) is 0.900. The molecule has 0 saturated heterocycles. The third kappa shape index (κ3) is 2.59. The Balaban J connectivity index is 2.41. The van der Waals surface area contributed by atoms with Crippen LogP contribution in [-0.4, -0.2) is 19.0 Å². The smallest absolute Gasteiger partial charge is 0.130 e. The largest absolute Gasteiger partial charge is 0.381 e. The van der Waals surface area contributed by atoms with Gasteiger partial charge in [0.25, 0.3) is 0 Å². The number of hydrogen-bond acceptors (Lipinski definition) is 2. The average Bonchev–Trinajstić information content (AvgIpc) is 2.04. The zero-order chi connectivity index (χ0) is 8.97. The molecule has 0 spiro atoms. The van der Waals surface area contributed by atoms with Gasteiger partial charge < -0.3 is 9.53 Å². The molecule has 70 valence electrons. The third-order valence-corrected chi connectivity index (χ3v) is 2.69. The lowest BCUT2D eigenvalue weighted by Crippen LogP contribution is -2.28. The van der Waals surface area contributed by atoms with Gasteiger partial charge in [0.05, 0.1) is 6.10 Å². The van der Waals surface area contributed by atoms with Crippen molar-refractivity contribution in [3.63, 3.8) is 0 Å². The second-order valence-electron chi connectivity index (χ2n) is 3.72. The number of Topliss-reactive ketones (excluding diaryl/α,β-unsaturated/α-hetero) is 1. The quantitative estimate of drug-likeness (QED) is 0.649. The van der Waals surface area contributed by atoms with E-state index in [1.807, 2.05) is 0 Å². The molecule has 0 aromatic rings. The maximum atomic E-state index is 10.9. The predicted molar refractivity (Wildman–Crippen MR) is 48.1 cm³/mol. The lowest BCUT2D eigenvalue weighted by Gasteiger charge is -2.29. The standard InChI is InChI=1S/C10H18O2/c1-8(11)7-9-5-3-4-6-10(9)12-2/h9-10H,3-7H2,1-2H3/t9-,10-/m0/s1. The van der Waals surface area contributed by atoms with Crippen LogP contribution in [0.1, 0.15) is 39.0 Å². The summed E-state index contributed by atoms with van der Waals surface area (Å²) in [6.45, 7) is 1.67. The first-order valence-corrected chi connectivity index (χ1v) is 4.76. The Morgan fingerprint density at radius 1 is 1.42 bits per heavy atom. The molecule has 12 heavy (non-hydrogen) atoms. The topological polar surface area (TPSA) is 26.3 Å². The van der Waals surface area contributed by atoms with E-state index < -0.39 is 0 Å². The first-order valence-electron chi connectivity index (χ1n) is 4.76. The van der Waals surface area contributed by atoms with Crippen molar-refractivity contribution in [3.8, 4) is 0 Å². The summed E-state index contributed by atoms with van der Waals surface area (Å²) in [5.41, 5.74) is 0. The van der Waals surface area contributed by atoms with E-state index in [4.69, 9.17) is 4.74 Å². The van der Waals surface area contributed by atoms with Gasteiger partial charge in [0.2, 0.25) is 0 Å². The Kier molecular flexibility index (Phi) is 3.73. The van der Waals surface area contributed by atoms with Crippen molar-refractivity contribution in [3.05, 3.63) is 0 Å². The van der Waals surface area contributed by atoms with E-state index in [9.17, 15) is 4.79 Å². The first kappa shape index (κ1) is 9.72. The summed E-state index contributed by atoms with van der Waals surface area (Å²) < 4.78 is 5.35. The van der Waals surface area contributed by atoms with Crippen LogP contribution in [0, 0.1) is 5.92 Å². The number of carbonyl (C=O) groups is 1. The molecule has 2 atom stereocenters. The van der Waals surface area contributed by atoms with Crippen LogP contribution >= 0.6 is 0 Å². The normalized spacial score (nSPS) is 30.2. The summed E-state index contributed by atoms with van der Waals surface area (Å²) in [4.78, 5) is 10.9. The van der Waals surface area contributed by atoms with Gasteiger partial charge in [-0.3, -0.25) is 0 Å². The Morgan fingerprint density at radius 2 is 2.08 bits per heavy atom. The van der Waals surface area contributed by atoms with Gasteiger partial charge in [0.15, 0.2) is 0 Å². The second kappa shape index (κ2) is 4.61. The summed E-state index contributed by atoms with van der Waals surface area (Å²) in [6, 6.07) is 0. The van der Waals surface area contributed by atoms with Gasteiger partial charge in [-0.2, -0.15) is 0 Å². The number of ketones is 1. The van der Waals surface area contributed by atoms with E-state index >= 15 is 0 Å². The highest BCUT2D eigenvalue weighted by atomic mass is 16.5. The van der Waals surface area contributed by atoms with Crippen molar-refractivity contribution in [1.82, 2.24) is 0 Å². The van der Waals surface area contributed by atoms with Gasteiger partial charge in [-0.25, -0.2) is 0 Å². The highest BCUT2D eigenvalue weighted by Crippen LogP contribution is 2.28. The number of rotatable bonds is 3. The summed E-state index contributed by atoms with van der Waals surface area (Å²) in [5, 5.41) is 0. The Labute approximate surface area is 74.3 Å². The van der Waals surface area contributed by atoms with Crippen LogP contribution in [0.5, 0.6) is 0 Å². The van der Waals surface area contributed by atoms with E-state index in [-0.39, 0.29) is 0 Å². The molecule has 1 fully saturated rings. The van der Waals surface area contributed by atoms with Crippen molar-refractivity contribution in [1.29, 1.82) is 0 Å². The molecule has 1 saturated carbocycles. The Hall–Kier alpha value is -0.370. The first-order chi connectivity index (χ1) is 5.74. The van der Waals surface area contributed by atoms with Crippen LogP contribution in [0.2, 0.25) is 0 Å². The molecule has 0 radical (unpaired) electrons. The fourth-order valence-corrected chi connectivity index (χ4v) is 2.09. The molecule has 0 N–H and O–H groups in total. The van der Waals surface area contributed by atoms with Crippen LogP contribution < -0.4 is 0 Å². The van der Waals surface area contributed by atoms with E-state index in [0.717, 1.165) is 12.8 Å². The van der Waals surface area contributed by atoms with Crippen molar-refractivity contribution < 1.29 is 9.53 Å². The Morgan fingerprint density at radius 3 is 2.67 bits per heavy atom. The molecule has 0 aliphatic heterocycles. The molecular weight excluding hydrogens is 152 g/mol. The van der Waals surface area contributed by atoms with Crippen LogP contribution in [-0.2, 0) is 9.53 Å². The minimum atomic E-state index is 0.295. The van der Waals surface area contributed by atoms with Crippen LogP contribution in [0.3, 0.4) is 0 Å². The van der Waals surface area contributed by atoms with Crippen molar-refractivity contribution in [2.75, 3.05) is 7.11 Å². The summed E-state index contributed by atoms with van der Waals surface area (Å²) >= 11 is 0. The molecule has 2 nitrogen and oxygen atoms in total. The number of hydrogen-bond donors (Lipinski definition) is 0. The summed E-state index contributed by atoms with van der Waals surface area (Å²) in [7, 11) is 1.75. The van der Waals surface area contributed by atoms with Crippen molar-refractivity contribution in [2.45, 2.75) is 45.1 Å². The molecular formula is C10H18O2. The zero-order valence-corrected chi connectivity index (χ0v) is 8.01. The monoisotopic (exact) mass is 170 g/mol. The number of ether oxygens (including phenoxy) is 1. The molecule has 2 heteroatoms. The van der Waals surface area contributed by atoms with E-state index in [0.29, 0.717) is 24.2 Å². The molecule has 0 aromatic heterocycles. The highest BCUT2D eigenvalue weighted by molar-refractivity contribution is 5.75. The minimum Gasteiger partial charge on any atom is -0.381 e. The SMILES string of the molecule is CO[C@H]1CCCC[C@H]1CC(C)=O. The van der Waals surface area contributed by atoms with Crippen LogP contribution in [0.25, 0.3) is 0 Å². The molecule has 0 bridgehead atoms. The second-order valence-corrected chi connectivity index (χ2v) is 3.72. The number of methoxy groups -OCH3 is 1. The fourth-order valence-electron chi connectivity index (χ4n) is 2.09. The van der Waals surface area contributed by atoms with Gasteiger partial charge in [-0.05, 0) is 25.7 Å². The van der Waals surface area contributed by atoms with Crippen LogP contribution in [0.4, 0.5) is 0 Å². The van der Waals surface area contributed by atoms with Crippen molar-refractivity contribution in [2.24, 2.45) is 5.92 Å². The minimum absolute atomic E-state index is 0.295. The molecule has 0 heterocycles. The molecule has 1 aliphatic carbocycles. The van der Waals surface area contributed by atoms with Gasteiger partial charge >= 0.3 is 0 Å². The molecule has 1 rings (SSSR count). The Bertz CT molecular complexity index is 154. The predicted octanol–water partition coefficient (Wildman–Crippen LogP) is 2.17. The van der Waals surface area contributed by atoms with Gasteiger partial charge in [0, 0.05) is 13.5 Å². The average molecular weight is 170 g/mol. The van der Waals surface area contributed by atoms with Crippen LogP contribution in [0.15, 0.2) is 0 Å². The van der Waals surface area contributed by atoms with Gasteiger partial charge in [0.1, 0.15) is 5.78 Å². The van der Waals surface area contributed by atoms with Gasteiger partial charge in [-0.1, -0.05) is 12.8 Å². The zero-order valence-electron chi connectivity index (χ0n) is 8.01. The summed E-state index contributed by atoms with van der Waals surface area (Å²) in [6.07, 6.45) is 5.86. The lowest BCUT2D eigenvalue weighted by molar-refractivity contribution is -0.119. The maximum absolute atomic E-state index is 10.9. The maximum Gasteiger partial charge on any atom is 0.130 e.